The van der Waals surface area contributed by atoms with E-state index < -0.39 is 17.9 Å². The van der Waals surface area contributed by atoms with Crippen LogP contribution in [0.5, 0.6) is 11.5 Å². The van der Waals surface area contributed by atoms with E-state index in [0.29, 0.717) is 23.6 Å². The van der Waals surface area contributed by atoms with Gasteiger partial charge in [-0.05, 0) is 50.1 Å². The molecule has 0 bridgehead atoms. The SMILES string of the molecule is COc1ccc([C@H]2[C@@H](C(=O)OCC(C)=O)CCC(=O)N2c2ccc(C)cc2)cc1OC. The molecule has 31 heavy (non-hydrogen) atoms. The number of ether oxygens (including phenoxy) is 3. The van der Waals surface area contributed by atoms with Crippen molar-refractivity contribution < 1.29 is 28.6 Å². The molecule has 0 aliphatic carbocycles. The van der Waals surface area contributed by atoms with Crippen molar-refractivity contribution in [2.24, 2.45) is 5.92 Å². The van der Waals surface area contributed by atoms with Gasteiger partial charge >= 0.3 is 5.97 Å². The first kappa shape index (κ1) is 22.3. The number of ketones is 1. The Morgan fingerprint density at radius 2 is 1.71 bits per heavy atom. The molecule has 2 aromatic carbocycles. The minimum atomic E-state index is -0.628. The molecule has 1 heterocycles. The third-order valence-corrected chi connectivity index (χ3v) is 5.38. The molecule has 0 N–H and O–H groups in total. The van der Waals surface area contributed by atoms with Crippen molar-refractivity contribution in [2.75, 3.05) is 25.7 Å². The van der Waals surface area contributed by atoms with Crippen molar-refractivity contribution in [3.8, 4) is 11.5 Å². The zero-order valence-corrected chi connectivity index (χ0v) is 18.2. The van der Waals surface area contributed by atoms with Crippen LogP contribution in [-0.2, 0) is 19.1 Å². The van der Waals surface area contributed by atoms with Crippen molar-refractivity contribution in [3.05, 3.63) is 53.6 Å². The lowest BCUT2D eigenvalue weighted by atomic mass is 9.83. The molecule has 1 aliphatic heterocycles. The monoisotopic (exact) mass is 425 g/mol. The third kappa shape index (κ3) is 4.87. The highest BCUT2D eigenvalue weighted by atomic mass is 16.5. The predicted octanol–water partition coefficient (Wildman–Crippen LogP) is 3.63. The highest BCUT2D eigenvalue weighted by molar-refractivity contribution is 5.97. The second kappa shape index (κ2) is 9.64. The second-order valence-electron chi connectivity index (χ2n) is 7.61. The number of amides is 1. The molecule has 0 aromatic heterocycles. The van der Waals surface area contributed by atoms with Gasteiger partial charge in [0.15, 0.2) is 17.3 Å². The van der Waals surface area contributed by atoms with Gasteiger partial charge in [0.05, 0.1) is 26.2 Å². The number of rotatable bonds is 7. The lowest BCUT2D eigenvalue weighted by molar-refractivity contribution is -0.153. The van der Waals surface area contributed by atoms with E-state index in [-0.39, 0.29) is 24.7 Å². The van der Waals surface area contributed by atoms with Gasteiger partial charge in [-0.15, -0.1) is 0 Å². The first-order chi connectivity index (χ1) is 14.8. The normalized spacial score (nSPS) is 18.5. The maximum atomic E-state index is 13.0. The predicted molar refractivity (Wildman–Crippen MR) is 115 cm³/mol. The highest BCUT2D eigenvalue weighted by Crippen LogP contribution is 2.42. The molecule has 2 atom stereocenters. The molecular formula is C24H27NO6. The van der Waals surface area contributed by atoms with E-state index in [1.165, 1.54) is 14.0 Å². The van der Waals surface area contributed by atoms with Crippen LogP contribution in [0.2, 0.25) is 0 Å². The first-order valence-corrected chi connectivity index (χ1v) is 10.1. The fraction of sp³-hybridized carbons (Fsp3) is 0.375. The van der Waals surface area contributed by atoms with Gasteiger partial charge in [-0.3, -0.25) is 14.4 Å². The molecule has 0 unspecified atom stereocenters. The van der Waals surface area contributed by atoms with Crippen molar-refractivity contribution in [1.29, 1.82) is 0 Å². The van der Waals surface area contributed by atoms with Crippen LogP contribution in [0.1, 0.15) is 36.9 Å². The minimum absolute atomic E-state index is 0.0840. The summed E-state index contributed by atoms with van der Waals surface area (Å²) < 4.78 is 16.0. The summed E-state index contributed by atoms with van der Waals surface area (Å²) in [5, 5.41) is 0. The lowest BCUT2D eigenvalue weighted by Crippen LogP contribution is -2.46. The number of hydrogen-bond donors (Lipinski definition) is 0. The van der Waals surface area contributed by atoms with Gasteiger partial charge in [-0.25, -0.2) is 0 Å². The largest absolute Gasteiger partial charge is 0.493 e. The Morgan fingerprint density at radius 1 is 1.03 bits per heavy atom. The van der Waals surface area contributed by atoms with E-state index in [1.54, 1.807) is 24.1 Å². The van der Waals surface area contributed by atoms with Crippen LogP contribution in [-0.4, -0.2) is 38.5 Å². The Labute approximate surface area is 181 Å². The quantitative estimate of drug-likeness (QED) is 0.630. The fourth-order valence-electron chi connectivity index (χ4n) is 3.85. The molecule has 0 saturated carbocycles. The summed E-state index contributed by atoms with van der Waals surface area (Å²) in [6.45, 7) is 3.05. The van der Waals surface area contributed by atoms with Crippen LogP contribution in [0.3, 0.4) is 0 Å². The summed E-state index contributed by atoms with van der Waals surface area (Å²) in [5.41, 5.74) is 2.48. The number of methoxy groups -OCH3 is 2. The van der Waals surface area contributed by atoms with E-state index >= 15 is 0 Å². The van der Waals surface area contributed by atoms with Crippen molar-refractivity contribution in [3.63, 3.8) is 0 Å². The Morgan fingerprint density at radius 3 is 2.32 bits per heavy atom. The number of aryl methyl sites for hydroxylation is 1. The number of esters is 1. The Bertz CT molecular complexity index is 969. The van der Waals surface area contributed by atoms with Crippen LogP contribution < -0.4 is 14.4 Å². The molecule has 2 aromatic rings. The molecule has 0 radical (unpaired) electrons. The lowest BCUT2D eigenvalue weighted by Gasteiger charge is -2.40. The highest BCUT2D eigenvalue weighted by Gasteiger charge is 2.42. The van der Waals surface area contributed by atoms with E-state index in [9.17, 15) is 14.4 Å². The van der Waals surface area contributed by atoms with E-state index in [0.717, 1.165) is 11.1 Å². The summed E-state index contributed by atoms with van der Waals surface area (Å²) >= 11 is 0. The average molecular weight is 425 g/mol. The van der Waals surface area contributed by atoms with Gasteiger partial charge in [0.2, 0.25) is 5.91 Å². The molecule has 1 saturated heterocycles. The smallest absolute Gasteiger partial charge is 0.311 e. The van der Waals surface area contributed by atoms with Crippen LogP contribution in [0.4, 0.5) is 5.69 Å². The van der Waals surface area contributed by atoms with E-state index in [2.05, 4.69) is 0 Å². The molecular weight excluding hydrogens is 398 g/mol. The molecule has 7 nitrogen and oxygen atoms in total. The molecule has 1 aliphatic rings. The molecule has 164 valence electrons. The van der Waals surface area contributed by atoms with Gasteiger partial charge in [-0.1, -0.05) is 23.8 Å². The molecule has 3 rings (SSSR count). The minimum Gasteiger partial charge on any atom is -0.493 e. The van der Waals surface area contributed by atoms with Crippen LogP contribution in [0.15, 0.2) is 42.5 Å². The Kier molecular flexibility index (Phi) is 6.95. The van der Waals surface area contributed by atoms with Crippen molar-refractivity contribution in [1.82, 2.24) is 0 Å². The van der Waals surface area contributed by atoms with Gasteiger partial charge in [-0.2, -0.15) is 0 Å². The number of carbonyl (C=O) groups is 3. The van der Waals surface area contributed by atoms with E-state index in [1.807, 2.05) is 37.3 Å². The maximum absolute atomic E-state index is 13.0. The number of Topliss-reactive ketones (excluding diaryl/α,β-unsaturated/α-hetero) is 1. The van der Waals surface area contributed by atoms with E-state index in [4.69, 9.17) is 14.2 Å². The van der Waals surface area contributed by atoms with Gasteiger partial charge in [0, 0.05) is 12.1 Å². The molecule has 7 heteroatoms. The van der Waals surface area contributed by atoms with Crippen molar-refractivity contribution >= 4 is 23.3 Å². The van der Waals surface area contributed by atoms with Crippen LogP contribution >= 0.6 is 0 Å². The summed E-state index contributed by atoms with van der Waals surface area (Å²) in [4.78, 5) is 38.9. The van der Waals surface area contributed by atoms with Gasteiger partial charge in [0.1, 0.15) is 6.61 Å². The van der Waals surface area contributed by atoms with Gasteiger partial charge < -0.3 is 19.1 Å². The molecule has 1 amide bonds. The number of nitrogens with zero attached hydrogens (tertiary/aromatic N) is 1. The Hall–Kier alpha value is -3.35. The number of hydrogen-bond acceptors (Lipinski definition) is 6. The summed E-state index contributed by atoms with van der Waals surface area (Å²) in [6, 6.07) is 12.3. The maximum Gasteiger partial charge on any atom is 0.311 e. The summed E-state index contributed by atoms with van der Waals surface area (Å²) in [6.07, 6.45) is 0.536. The van der Waals surface area contributed by atoms with Crippen LogP contribution in [0, 0.1) is 12.8 Å². The second-order valence-corrected chi connectivity index (χ2v) is 7.61. The molecule has 0 spiro atoms. The summed E-state index contributed by atoms with van der Waals surface area (Å²) in [7, 11) is 3.08. The van der Waals surface area contributed by atoms with Crippen LogP contribution in [0.25, 0.3) is 0 Å². The Balaban J connectivity index is 2.09. The average Bonchev–Trinajstić information content (AvgIpc) is 2.77. The summed E-state index contributed by atoms with van der Waals surface area (Å²) in [5.74, 6) is -0.405. The topological polar surface area (TPSA) is 82.1 Å². The van der Waals surface area contributed by atoms with Gasteiger partial charge in [0.25, 0.3) is 0 Å². The third-order valence-electron chi connectivity index (χ3n) is 5.38. The zero-order chi connectivity index (χ0) is 22.5. The standard InChI is InChI=1S/C24H27NO6/c1-15-5-8-18(9-6-15)25-22(27)12-10-19(24(28)31-14-16(2)26)23(25)17-7-11-20(29-3)21(13-17)30-4/h5-9,11,13,19,23H,10,12,14H2,1-4H3/t19-,23-/m0/s1. The fourth-order valence-corrected chi connectivity index (χ4v) is 3.85. The number of anilines is 1. The zero-order valence-electron chi connectivity index (χ0n) is 18.2. The first-order valence-electron chi connectivity index (χ1n) is 10.1. The van der Waals surface area contributed by atoms with Crippen molar-refractivity contribution in [2.45, 2.75) is 32.7 Å². The number of piperidine rings is 1. The molecule has 1 fully saturated rings. The number of benzene rings is 2. The number of carbonyl (C=O) groups excluding carboxylic acids is 3.